The molecule has 0 aliphatic heterocycles. The zero-order valence-corrected chi connectivity index (χ0v) is 11.1. The Labute approximate surface area is 112 Å². The Morgan fingerprint density at radius 2 is 2.16 bits per heavy atom. The lowest BCUT2D eigenvalue weighted by Gasteiger charge is -2.11. The van der Waals surface area contributed by atoms with Gasteiger partial charge in [0.05, 0.1) is 32.2 Å². The molecule has 2 rings (SSSR count). The van der Waals surface area contributed by atoms with Crippen molar-refractivity contribution < 1.29 is 14.3 Å². The van der Waals surface area contributed by atoms with Crippen molar-refractivity contribution in [3.8, 4) is 0 Å². The fraction of sp³-hybridized carbons (Fsp3) is 0.615. The molecule has 1 aliphatic rings. The zero-order valence-electron chi connectivity index (χ0n) is 11.1. The minimum absolute atomic E-state index is 0.204. The number of nitrogens with one attached hydrogen (secondary N) is 1. The van der Waals surface area contributed by atoms with Crippen molar-refractivity contribution in [2.24, 2.45) is 0 Å². The standard InChI is InChI=1S/C13H19N3O3/c1-18-13(17)11-8-16-12(9-15-11)14-6-7-19-10-4-2-3-5-10/h8-10H,2-7H2,1H3,(H,14,16). The van der Waals surface area contributed by atoms with Crippen molar-refractivity contribution in [1.82, 2.24) is 9.97 Å². The Morgan fingerprint density at radius 3 is 2.79 bits per heavy atom. The number of methoxy groups -OCH3 is 1. The lowest BCUT2D eigenvalue weighted by atomic mass is 10.3. The van der Waals surface area contributed by atoms with Gasteiger partial charge >= 0.3 is 5.97 Å². The van der Waals surface area contributed by atoms with Gasteiger partial charge in [0.2, 0.25) is 0 Å². The predicted molar refractivity (Wildman–Crippen MR) is 70.1 cm³/mol. The molecule has 1 aromatic heterocycles. The first kappa shape index (κ1) is 13.7. The van der Waals surface area contributed by atoms with E-state index in [1.807, 2.05) is 0 Å². The van der Waals surface area contributed by atoms with Crippen LogP contribution in [0.15, 0.2) is 12.4 Å². The van der Waals surface area contributed by atoms with Gasteiger partial charge in [-0.3, -0.25) is 0 Å². The monoisotopic (exact) mass is 265 g/mol. The highest BCUT2D eigenvalue weighted by atomic mass is 16.5. The Morgan fingerprint density at radius 1 is 1.37 bits per heavy atom. The van der Waals surface area contributed by atoms with Crippen LogP contribution in [-0.2, 0) is 9.47 Å². The summed E-state index contributed by atoms with van der Waals surface area (Å²) in [5, 5.41) is 3.10. The van der Waals surface area contributed by atoms with Crippen LogP contribution in [0.1, 0.15) is 36.2 Å². The number of carbonyl (C=O) groups excluding carboxylic acids is 1. The average molecular weight is 265 g/mol. The van der Waals surface area contributed by atoms with E-state index in [1.165, 1.54) is 45.2 Å². The van der Waals surface area contributed by atoms with Crippen LogP contribution < -0.4 is 5.32 Å². The fourth-order valence-corrected chi connectivity index (χ4v) is 2.09. The summed E-state index contributed by atoms with van der Waals surface area (Å²) >= 11 is 0. The van der Waals surface area contributed by atoms with Gasteiger partial charge in [0.1, 0.15) is 5.82 Å². The summed E-state index contributed by atoms with van der Waals surface area (Å²) in [6.07, 6.45) is 8.24. The largest absolute Gasteiger partial charge is 0.464 e. The summed E-state index contributed by atoms with van der Waals surface area (Å²) in [7, 11) is 1.32. The zero-order chi connectivity index (χ0) is 13.5. The summed E-state index contributed by atoms with van der Waals surface area (Å²) < 4.78 is 10.3. The first-order valence-corrected chi connectivity index (χ1v) is 6.55. The third kappa shape index (κ3) is 4.17. The van der Waals surface area contributed by atoms with E-state index in [0.29, 0.717) is 25.1 Å². The molecule has 0 radical (unpaired) electrons. The minimum atomic E-state index is -0.483. The molecular weight excluding hydrogens is 246 g/mol. The molecule has 1 heterocycles. The van der Waals surface area contributed by atoms with Crippen LogP contribution in [0.4, 0.5) is 5.82 Å². The molecule has 0 spiro atoms. The molecule has 0 unspecified atom stereocenters. The van der Waals surface area contributed by atoms with E-state index in [4.69, 9.17) is 4.74 Å². The number of esters is 1. The molecular formula is C13H19N3O3. The van der Waals surface area contributed by atoms with Crippen molar-refractivity contribution in [3.05, 3.63) is 18.1 Å². The van der Waals surface area contributed by atoms with Crippen LogP contribution in [-0.4, -0.2) is 42.3 Å². The first-order chi connectivity index (χ1) is 9.29. The number of ether oxygens (including phenoxy) is 2. The van der Waals surface area contributed by atoms with Crippen LogP contribution in [0.5, 0.6) is 0 Å². The Kier molecular flexibility index (Phi) is 5.09. The van der Waals surface area contributed by atoms with Gasteiger partial charge in [0, 0.05) is 6.54 Å². The molecule has 1 aromatic rings. The molecule has 0 aromatic carbocycles. The van der Waals surface area contributed by atoms with Crippen LogP contribution in [0, 0.1) is 0 Å². The second kappa shape index (κ2) is 7.04. The molecule has 1 fully saturated rings. The van der Waals surface area contributed by atoms with E-state index in [0.717, 1.165) is 0 Å². The normalized spacial score (nSPS) is 15.4. The van der Waals surface area contributed by atoms with E-state index in [2.05, 4.69) is 20.0 Å². The number of hydrogen-bond donors (Lipinski definition) is 1. The minimum Gasteiger partial charge on any atom is -0.464 e. The van der Waals surface area contributed by atoms with Gasteiger partial charge in [-0.2, -0.15) is 0 Å². The van der Waals surface area contributed by atoms with E-state index >= 15 is 0 Å². The third-order valence-electron chi connectivity index (χ3n) is 3.11. The molecule has 1 N–H and O–H groups in total. The van der Waals surface area contributed by atoms with Gasteiger partial charge in [0.25, 0.3) is 0 Å². The fourth-order valence-electron chi connectivity index (χ4n) is 2.09. The summed E-state index contributed by atoms with van der Waals surface area (Å²) in [5.41, 5.74) is 0.204. The number of aromatic nitrogens is 2. The molecule has 6 heteroatoms. The molecule has 0 atom stereocenters. The molecule has 0 amide bonds. The molecule has 0 saturated heterocycles. The van der Waals surface area contributed by atoms with E-state index in [9.17, 15) is 4.79 Å². The SMILES string of the molecule is COC(=O)c1cnc(NCCOC2CCCC2)cn1. The second-order valence-corrected chi connectivity index (χ2v) is 4.48. The van der Waals surface area contributed by atoms with Crippen LogP contribution in [0.3, 0.4) is 0 Å². The highest BCUT2D eigenvalue weighted by Gasteiger charge is 2.14. The lowest BCUT2D eigenvalue weighted by Crippen LogP contribution is -2.16. The van der Waals surface area contributed by atoms with Gasteiger partial charge in [0.15, 0.2) is 5.69 Å². The van der Waals surface area contributed by atoms with Crippen molar-refractivity contribution in [3.63, 3.8) is 0 Å². The summed E-state index contributed by atoms with van der Waals surface area (Å²) in [5.74, 6) is 0.145. The topological polar surface area (TPSA) is 73.3 Å². The smallest absolute Gasteiger partial charge is 0.358 e. The molecule has 19 heavy (non-hydrogen) atoms. The number of hydrogen-bond acceptors (Lipinski definition) is 6. The maximum Gasteiger partial charge on any atom is 0.358 e. The van der Waals surface area contributed by atoms with Crippen LogP contribution in [0.2, 0.25) is 0 Å². The van der Waals surface area contributed by atoms with Crippen molar-refractivity contribution in [1.29, 1.82) is 0 Å². The average Bonchev–Trinajstić information content (AvgIpc) is 2.96. The first-order valence-electron chi connectivity index (χ1n) is 6.55. The molecule has 6 nitrogen and oxygen atoms in total. The molecule has 1 saturated carbocycles. The maximum absolute atomic E-state index is 11.2. The predicted octanol–water partition coefficient (Wildman–Crippen LogP) is 1.63. The molecule has 104 valence electrons. The Bertz CT molecular complexity index is 402. The van der Waals surface area contributed by atoms with Gasteiger partial charge in [-0.1, -0.05) is 12.8 Å². The van der Waals surface area contributed by atoms with E-state index in [1.54, 1.807) is 0 Å². The molecule has 0 bridgehead atoms. The van der Waals surface area contributed by atoms with Gasteiger partial charge < -0.3 is 14.8 Å². The lowest BCUT2D eigenvalue weighted by molar-refractivity contribution is 0.0593. The second-order valence-electron chi connectivity index (χ2n) is 4.48. The van der Waals surface area contributed by atoms with Gasteiger partial charge in [-0.15, -0.1) is 0 Å². The Balaban J connectivity index is 1.69. The Hall–Kier alpha value is -1.69. The van der Waals surface area contributed by atoms with Crippen molar-refractivity contribution in [2.75, 3.05) is 25.6 Å². The van der Waals surface area contributed by atoms with Gasteiger partial charge in [-0.25, -0.2) is 14.8 Å². The van der Waals surface area contributed by atoms with Crippen molar-refractivity contribution in [2.45, 2.75) is 31.8 Å². The number of rotatable bonds is 6. The highest BCUT2D eigenvalue weighted by Crippen LogP contribution is 2.20. The summed E-state index contributed by atoms with van der Waals surface area (Å²) in [4.78, 5) is 19.2. The number of anilines is 1. The summed E-state index contributed by atoms with van der Waals surface area (Å²) in [6, 6.07) is 0. The van der Waals surface area contributed by atoms with Crippen LogP contribution >= 0.6 is 0 Å². The quantitative estimate of drug-likeness (QED) is 0.622. The highest BCUT2D eigenvalue weighted by molar-refractivity contribution is 5.86. The van der Waals surface area contributed by atoms with E-state index in [-0.39, 0.29) is 5.69 Å². The van der Waals surface area contributed by atoms with Crippen molar-refractivity contribution >= 4 is 11.8 Å². The maximum atomic E-state index is 11.2. The molecule has 1 aliphatic carbocycles. The number of nitrogens with zero attached hydrogens (tertiary/aromatic N) is 2. The van der Waals surface area contributed by atoms with E-state index < -0.39 is 5.97 Å². The number of carbonyl (C=O) groups is 1. The summed E-state index contributed by atoms with van der Waals surface area (Å²) in [6.45, 7) is 1.34. The van der Waals surface area contributed by atoms with Gasteiger partial charge in [-0.05, 0) is 12.8 Å². The van der Waals surface area contributed by atoms with Crippen LogP contribution in [0.25, 0.3) is 0 Å². The third-order valence-corrected chi connectivity index (χ3v) is 3.11.